The number of carboxylic acids is 1. The zero-order chi connectivity index (χ0) is 96.3. The highest BCUT2D eigenvalue weighted by Crippen LogP contribution is 2.46. The van der Waals surface area contributed by atoms with Crippen LogP contribution in [0.2, 0.25) is 5.02 Å². The van der Waals surface area contributed by atoms with Crippen molar-refractivity contribution in [1.82, 2.24) is 18.9 Å². The number of halogens is 4. The number of aliphatic hydroxyl groups excluding tert-OH is 2. The van der Waals surface area contributed by atoms with Gasteiger partial charge in [-0.1, -0.05) is 60.1 Å². The van der Waals surface area contributed by atoms with E-state index in [1.54, 1.807) is 110 Å². The first-order chi connectivity index (χ1) is 65.2. The van der Waals surface area contributed by atoms with Crippen molar-refractivity contribution in [2.45, 2.75) is 148 Å². The number of carboxylic acid groups (broad SMARTS) is 1. The first-order valence-electron chi connectivity index (χ1n) is 46.4. The molecule has 4 aliphatic heterocycles. The first-order valence-corrected chi connectivity index (χ1v) is 53.6. The van der Waals surface area contributed by atoms with Crippen molar-refractivity contribution in [2.75, 3.05) is 149 Å². The number of carbonyl (C=O) groups is 1. The second-order valence-corrected chi connectivity index (χ2v) is 43.8. The Kier molecular flexibility index (Phi) is 32.4. The average Bonchev–Trinajstić information content (AvgIpc) is 1.59. The van der Waals surface area contributed by atoms with Crippen LogP contribution >= 0.6 is 35.1 Å². The van der Waals surface area contributed by atoms with Crippen LogP contribution in [-0.4, -0.2) is 199 Å². The maximum atomic E-state index is 15.6. The SMILES string of the molecule is CCn1c(C)c(S(C)(=O)=O)c(-c2cc(F)cc(N3CCN(c4ccc(NS(=O)(=O)c5ccc(N[C@H](CCN6CCC(O)CC6)CSc6ccccc6)c(C)c5)cc4)CC3)c2)c1-c1ccc(F)cc1.Cc1cc(S(=O)(=O)Nc2ccc(N3CCN(c4cc(F)cc(-c5c(C(=O)O)c(C)n(C(C)C)c5-c5ccc(Cl)cc5)c4)CC3)cc2)ccc1N[C@H](CCN1CCC(O)CC1)CSc1ccccc1. The topological polar surface area (TPSA) is 258 Å². The molecule has 4 saturated heterocycles. The van der Waals surface area contributed by atoms with Crippen LogP contribution in [0.4, 0.5) is 58.7 Å². The molecule has 0 aliphatic carbocycles. The Labute approximate surface area is 811 Å². The Bertz CT molecular complexity index is 6520. The fraction of sp³-hybridized carbons (Fsp3) is 0.343. The van der Waals surface area contributed by atoms with Gasteiger partial charge in [-0.3, -0.25) is 9.44 Å². The normalized spacial score (nSPS) is 15.6. The number of anilines is 8. The molecule has 0 unspecified atom stereocenters. The molecule has 0 amide bonds. The van der Waals surface area contributed by atoms with Gasteiger partial charge in [0.2, 0.25) is 0 Å². The monoisotopic (exact) mass is 1960 g/mol. The number of piperazine rings is 2. The van der Waals surface area contributed by atoms with Crippen LogP contribution in [0.25, 0.3) is 44.8 Å². The van der Waals surface area contributed by atoms with Crippen molar-refractivity contribution < 1.29 is 58.5 Å². The van der Waals surface area contributed by atoms with E-state index in [2.05, 4.69) is 73.7 Å². The molecular formula is C105H120ClF3N12O10S5. The highest BCUT2D eigenvalue weighted by atomic mass is 35.5. The van der Waals surface area contributed by atoms with Gasteiger partial charge in [0.15, 0.2) is 9.84 Å². The van der Waals surface area contributed by atoms with Gasteiger partial charge in [-0.25, -0.2) is 43.2 Å². The number of hydrogen-bond donors (Lipinski definition) is 7. The van der Waals surface area contributed by atoms with E-state index in [1.807, 2.05) is 141 Å². The number of rotatable bonds is 34. The summed E-state index contributed by atoms with van der Waals surface area (Å²) in [5.41, 5.74) is 13.1. The summed E-state index contributed by atoms with van der Waals surface area (Å²) in [4.78, 5) is 29.1. The fourth-order valence-electron chi connectivity index (χ4n) is 18.8. The van der Waals surface area contributed by atoms with E-state index in [-0.39, 0.29) is 50.6 Å². The number of sulfonamides is 2. The number of aromatic nitrogens is 2. The molecular weight excluding hydrogens is 1840 g/mol. The quantitative estimate of drug-likeness (QED) is 0.0185. The highest BCUT2D eigenvalue weighted by Gasteiger charge is 2.34. The summed E-state index contributed by atoms with van der Waals surface area (Å²) in [6, 6.07) is 68.4. The number of aromatic carboxylic acids is 1. The molecule has 0 radical (unpaired) electrons. The van der Waals surface area contributed by atoms with Crippen molar-refractivity contribution >= 4 is 116 Å². The van der Waals surface area contributed by atoms with Gasteiger partial charge in [-0.2, -0.15) is 0 Å². The molecule has 0 bridgehead atoms. The van der Waals surface area contributed by atoms with E-state index in [1.165, 1.54) is 46.2 Å². The largest absolute Gasteiger partial charge is 0.478 e. The van der Waals surface area contributed by atoms with Crippen molar-refractivity contribution in [2.24, 2.45) is 0 Å². The third-order valence-electron chi connectivity index (χ3n) is 26.0. The van der Waals surface area contributed by atoms with Gasteiger partial charge in [0.05, 0.1) is 43.8 Å². The fourth-order valence-corrected chi connectivity index (χ4v) is 24.5. The lowest BCUT2D eigenvalue weighted by molar-refractivity contribution is 0.0696. The van der Waals surface area contributed by atoms with Gasteiger partial charge < -0.3 is 64.5 Å². The van der Waals surface area contributed by atoms with Crippen molar-refractivity contribution in [3.05, 3.63) is 281 Å². The lowest BCUT2D eigenvalue weighted by atomic mass is 9.96. The minimum atomic E-state index is -3.90. The van der Waals surface area contributed by atoms with Gasteiger partial charge in [-0.05, 0) is 302 Å². The van der Waals surface area contributed by atoms with Gasteiger partial charge in [-0.15, -0.1) is 23.5 Å². The smallest absolute Gasteiger partial charge is 0.338 e. The maximum absolute atomic E-state index is 15.6. The summed E-state index contributed by atoms with van der Waals surface area (Å²) in [6.45, 7) is 23.8. The second kappa shape index (κ2) is 44.3. The van der Waals surface area contributed by atoms with Gasteiger partial charge in [0.25, 0.3) is 20.0 Å². The number of nitrogens with zero attached hydrogens (tertiary/aromatic N) is 8. The van der Waals surface area contributed by atoms with Crippen LogP contribution in [0.3, 0.4) is 0 Å². The number of aliphatic hydroxyl groups is 2. The minimum absolute atomic E-state index is 0.0698. The molecule has 0 spiro atoms. The molecule has 136 heavy (non-hydrogen) atoms. The third-order valence-corrected chi connectivity index (χ3v) is 32.6. The molecule has 2 atom stereocenters. The Morgan fingerprint density at radius 2 is 0.853 bits per heavy atom. The van der Waals surface area contributed by atoms with Crippen LogP contribution in [0.5, 0.6) is 0 Å². The zero-order valence-electron chi connectivity index (χ0n) is 77.9. The number of nitrogens with one attached hydrogen (secondary N) is 4. The number of benzene rings is 10. The van der Waals surface area contributed by atoms with E-state index in [0.717, 1.165) is 135 Å². The lowest BCUT2D eigenvalue weighted by Crippen LogP contribution is -2.46. The molecule has 0 saturated carbocycles. The summed E-state index contributed by atoms with van der Waals surface area (Å²) in [5.74, 6) is -0.773. The predicted octanol–water partition coefficient (Wildman–Crippen LogP) is 20.7. The van der Waals surface area contributed by atoms with E-state index in [4.69, 9.17) is 11.6 Å². The van der Waals surface area contributed by atoms with Gasteiger partial charge in [0.1, 0.15) is 17.5 Å². The molecule has 22 nitrogen and oxygen atoms in total. The van der Waals surface area contributed by atoms with Crippen molar-refractivity contribution in [3.63, 3.8) is 0 Å². The number of thioether (sulfide) groups is 2. The van der Waals surface area contributed by atoms with Gasteiger partial charge in [0, 0.05) is 217 Å². The van der Waals surface area contributed by atoms with E-state index in [9.17, 15) is 49.8 Å². The molecule has 7 N–H and O–H groups in total. The summed E-state index contributed by atoms with van der Waals surface area (Å²) in [7, 11) is -11.6. The van der Waals surface area contributed by atoms with Crippen LogP contribution in [-0.2, 0) is 36.4 Å². The molecule has 16 rings (SSSR count). The number of aryl methyl sites for hydroxylation is 2. The third kappa shape index (κ3) is 24.6. The van der Waals surface area contributed by atoms with Crippen LogP contribution in [0.1, 0.15) is 98.2 Å². The molecule has 6 heterocycles. The summed E-state index contributed by atoms with van der Waals surface area (Å²) >= 11 is 9.83. The van der Waals surface area contributed by atoms with Gasteiger partial charge >= 0.3 is 5.97 Å². The number of sulfone groups is 1. The first kappa shape index (κ1) is 99.6. The lowest BCUT2D eigenvalue weighted by Gasteiger charge is -2.37. The summed E-state index contributed by atoms with van der Waals surface area (Å²) in [6.07, 6.45) is 5.73. The second-order valence-electron chi connectivity index (χ2n) is 35.9. The molecule has 4 aliphatic rings. The standard InChI is InChI=1S/C53H60ClFN6O5S2.C52H60F2N6O5S3/c1-35(2)61-37(4)50(53(63)64)51(52(61)38-10-12-40(54)13-11-38)39-31-41(55)33-45(32-39)60-28-26-59(27-29-60)44-16-14-42(15-17-44)57-68(65,66)48-18-19-49(36(3)30-48)56-43(34-67-47-8-6-5-7-9-47)20-23-58-24-21-46(62)22-25-58;1-5-60-37(3)52(67(4,62)63)50(51(60)38-11-13-40(53)14-12-38)39-32-41(54)34-45(33-39)59-29-27-58(28-30-59)44-17-15-42(16-18-44)56-68(64,65)48-19-20-49(36(2)31-48)55-43(35-66-47-9-7-6-8-10-47)21-24-57-25-22-46(61)23-26-57/h5-19,30-33,35,43,46,56-57,62H,20-29,34H2,1-4H3,(H,63,64);6-20,31-34,43,46,55-56,61H,5,21-30,35H2,1-4H3/t2*43-/m11/s1. The van der Waals surface area contributed by atoms with E-state index < -0.39 is 53.3 Å². The van der Waals surface area contributed by atoms with Crippen LogP contribution < -0.4 is 39.7 Å². The average molecular weight is 1960 g/mol. The van der Waals surface area contributed by atoms with E-state index in [0.29, 0.717) is 137 Å². The number of likely N-dealkylation sites (tertiary alicyclic amines) is 2. The van der Waals surface area contributed by atoms with Crippen LogP contribution in [0, 0.1) is 45.1 Å². The minimum Gasteiger partial charge on any atom is -0.478 e. The summed E-state index contributed by atoms with van der Waals surface area (Å²) < 4.78 is 136. The number of hydrogen-bond acceptors (Lipinski definition) is 19. The molecule has 718 valence electrons. The maximum Gasteiger partial charge on any atom is 0.338 e. The number of piperidine rings is 2. The molecule has 2 aromatic heterocycles. The van der Waals surface area contributed by atoms with E-state index >= 15 is 8.78 Å². The Balaban J connectivity index is 0.000000207. The highest BCUT2D eigenvalue weighted by molar-refractivity contribution is 7.99. The zero-order valence-corrected chi connectivity index (χ0v) is 82.8. The Morgan fingerprint density at radius 3 is 1.24 bits per heavy atom. The van der Waals surface area contributed by atoms with Crippen LogP contribution in [0.15, 0.2) is 255 Å². The molecule has 12 aromatic rings. The molecule has 10 aromatic carbocycles. The predicted molar refractivity (Wildman–Crippen MR) is 549 cm³/mol. The Hall–Kier alpha value is -10.9. The van der Waals surface area contributed by atoms with Crippen molar-refractivity contribution in [1.29, 1.82) is 0 Å². The van der Waals surface area contributed by atoms with Crippen molar-refractivity contribution in [3.8, 4) is 44.8 Å². The summed E-state index contributed by atoms with van der Waals surface area (Å²) in [5, 5.41) is 38.5. The molecule has 4 fully saturated rings. The molecule has 31 heteroatoms. The Morgan fingerprint density at radius 1 is 0.456 bits per heavy atom.